The smallest absolute Gasteiger partial charge is 0.321 e. The SMILES string of the molecule is C=C1c2ccccc2CCCC(=O)C1C(=O)OCC. The van der Waals surface area contributed by atoms with Crippen molar-refractivity contribution in [2.24, 2.45) is 5.92 Å². The molecule has 1 unspecified atom stereocenters. The summed E-state index contributed by atoms with van der Waals surface area (Å²) in [6, 6.07) is 7.81. The molecule has 1 aliphatic carbocycles. The van der Waals surface area contributed by atoms with Gasteiger partial charge in [-0.15, -0.1) is 0 Å². The average molecular weight is 258 g/mol. The van der Waals surface area contributed by atoms with Crippen molar-refractivity contribution < 1.29 is 14.3 Å². The molecule has 2 rings (SSSR count). The van der Waals surface area contributed by atoms with Crippen molar-refractivity contribution >= 4 is 17.3 Å². The summed E-state index contributed by atoms with van der Waals surface area (Å²) in [7, 11) is 0. The Morgan fingerprint density at radius 2 is 2.11 bits per heavy atom. The van der Waals surface area contributed by atoms with E-state index < -0.39 is 11.9 Å². The largest absolute Gasteiger partial charge is 0.465 e. The van der Waals surface area contributed by atoms with E-state index >= 15 is 0 Å². The first-order valence-corrected chi connectivity index (χ1v) is 6.61. The van der Waals surface area contributed by atoms with Gasteiger partial charge in [0.2, 0.25) is 0 Å². The fourth-order valence-electron chi connectivity index (χ4n) is 2.50. The van der Waals surface area contributed by atoms with E-state index in [1.54, 1.807) is 6.92 Å². The third-order valence-electron chi connectivity index (χ3n) is 3.43. The van der Waals surface area contributed by atoms with Gasteiger partial charge in [-0.05, 0) is 36.5 Å². The Balaban J connectivity index is 2.40. The highest BCUT2D eigenvalue weighted by Gasteiger charge is 2.32. The molecule has 0 heterocycles. The predicted octanol–water partition coefficient (Wildman–Crippen LogP) is 2.78. The Kier molecular flexibility index (Phi) is 4.15. The molecule has 0 radical (unpaired) electrons. The molecule has 0 N–H and O–H groups in total. The number of Topliss-reactive ketones (excluding diaryl/α,β-unsaturated/α-hetero) is 1. The molecular weight excluding hydrogens is 240 g/mol. The van der Waals surface area contributed by atoms with Crippen molar-refractivity contribution in [2.75, 3.05) is 6.61 Å². The molecule has 100 valence electrons. The summed E-state index contributed by atoms with van der Waals surface area (Å²) in [5.74, 6) is -1.41. The van der Waals surface area contributed by atoms with Gasteiger partial charge < -0.3 is 4.74 Å². The topological polar surface area (TPSA) is 43.4 Å². The van der Waals surface area contributed by atoms with Crippen LogP contribution in [0.15, 0.2) is 30.8 Å². The molecule has 0 aliphatic heterocycles. The van der Waals surface area contributed by atoms with Gasteiger partial charge in [-0.3, -0.25) is 9.59 Å². The second-order valence-electron chi connectivity index (χ2n) is 4.69. The Morgan fingerprint density at radius 1 is 1.37 bits per heavy atom. The first-order chi connectivity index (χ1) is 9.15. The summed E-state index contributed by atoms with van der Waals surface area (Å²) >= 11 is 0. The van der Waals surface area contributed by atoms with Crippen LogP contribution in [0.5, 0.6) is 0 Å². The third-order valence-corrected chi connectivity index (χ3v) is 3.43. The number of esters is 1. The summed E-state index contributed by atoms with van der Waals surface area (Å²) in [6.07, 6.45) is 2.01. The minimum Gasteiger partial charge on any atom is -0.465 e. The summed E-state index contributed by atoms with van der Waals surface area (Å²) in [5.41, 5.74) is 2.63. The van der Waals surface area contributed by atoms with E-state index in [9.17, 15) is 9.59 Å². The van der Waals surface area contributed by atoms with Crippen LogP contribution in [0.2, 0.25) is 0 Å². The van der Waals surface area contributed by atoms with Gasteiger partial charge in [0.25, 0.3) is 0 Å². The summed E-state index contributed by atoms with van der Waals surface area (Å²) in [4.78, 5) is 24.1. The van der Waals surface area contributed by atoms with Crippen LogP contribution in [0.25, 0.3) is 5.57 Å². The molecule has 0 bridgehead atoms. The summed E-state index contributed by atoms with van der Waals surface area (Å²) < 4.78 is 5.01. The Labute approximate surface area is 113 Å². The average Bonchev–Trinajstić information content (AvgIpc) is 2.38. The number of carbonyl (C=O) groups is 2. The van der Waals surface area contributed by atoms with Crippen LogP contribution in [0.3, 0.4) is 0 Å². The number of aryl methyl sites for hydroxylation is 1. The normalized spacial score (nSPS) is 19.3. The van der Waals surface area contributed by atoms with Crippen molar-refractivity contribution in [1.82, 2.24) is 0 Å². The van der Waals surface area contributed by atoms with Crippen molar-refractivity contribution in [1.29, 1.82) is 0 Å². The van der Waals surface area contributed by atoms with Gasteiger partial charge in [-0.25, -0.2) is 0 Å². The van der Waals surface area contributed by atoms with E-state index in [0.717, 1.165) is 24.0 Å². The molecule has 19 heavy (non-hydrogen) atoms. The number of ketones is 1. The fraction of sp³-hybridized carbons (Fsp3) is 0.375. The maximum atomic E-state index is 12.1. The summed E-state index contributed by atoms with van der Waals surface area (Å²) in [6.45, 7) is 5.98. The van der Waals surface area contributed by atoms with E-state index in [-0.39, 0.29) is 12.4 Å². The zero-order chi connectivity index (χ0) is 13.8. The lowest BCUT2D eigenvalue weighted by Crippen LogP contribution is -2.28. The van der Waals surface area contributed by atoms with Crippen LogP contribution in [0, 0.1) is 5.92 Å². The van der Waals surface area contributed by atoms with E-state index in [1.165, 1.54) is 0 Å². The maximum Gasteiger partial charge on any atom is 0.321 e. The number of rotatable bonds is 2. The molecule has 1 atom stereocenters. The van der Waals surface area contributed by atoms with Gasteiger partial charge in [0.1, 0.15) is 5.92 Å². The van der Waals surface area contributed by atoms with E-state index in [2.05, 4.69) is 6.58 Å². The third kappa shape index (κ3) is 2.75. The van der Waals surface area contributed by atoms with E-state index in [0.29, 0.717) is 12.0 Å². The molecule has 0 saturated carbocycles. The minimum absolute atomic E-state index is 0.0852. The zero-order valence-corrected chi connectivity index (χ0v) is 11.1. The molecule has 0 saturated heterocycles. The molecule has 0 amide bonds. The monoisotopic (exact) mass is 258 g/mol. The lowest BCUT2D eigenvalue weighted by atomic mass is 9.82. The van der Waals surface area contributed by atoms with Crippen LogP contribution < -0.4 is 0 Å². The molecule has 3 heteroatoms. The van der Waals surface area contributed by atoms with Gasteiger partial charge >= 0.3 is 5.97 Å². The zero-order valence-electron chi connectivity index (χ0n) is 11.1. The maximum absolute atomic E-state index is 12.1. The lowest BCUT2D eigenvalue weighted by Gasteiger charge is -2.22. The Morgan fingerprint density at radius 3 is 2.84 bits per heavy atom. The molecule has 0 aromatic heterocycles. The van der Waals surface area contributed by atoms with E-state index in [4.69, 9.17) is 4.74 Å². The van der Waals surface area contributed by atoms with Gasteiger partial charge in [0.15, 0.2) is 5.78 Å². The Hall–Kier alpha value is -1.90. The van der Waals surface area contributed by atoms with Gasteiger partial charge in [0, 0.05) is 6.42 Å². The highest BCUT2D eigenvalue weighted by Crippen LogP contribution is 2.31. The number of carbonyl (C=O) groups excluding carboxylic acids is 2. The number of hydrogen-bond donors (Lipinski definition) is 0. The van der Waals surface area contributed by atoms with Crippen LogP contribution in [-0.2, 0) is 20.7 Å². The van der Waals surface area contributed by atoms with Crippen LogP contribution in [0.1, 0.15) is 30.9 Å². The quantitative estimate of drug-likeness (QED) is 0.605. The van der Waals surface area contributed by atoms with Crippen LogP contribution in [0.4, 0.5) is 0 Å². The van der Waals surface area contributed by atoms with Crippen LogP contribution >= 0.6 is 0 Å². The van der Waals surface area contributed by atoms with Crippen molar-refractivity contribution in [3.63, 3.8) is 0 Å². The summed E-state index contributed by atoms with van der Waals surface area (Å²) in [5, 5.41) is 0. The molecular formula is C16H18O3. The fourth-order valence-corrected chi connectivity index (χ4v) is 2.50. The van der Waals surface area contributed by atoms with Gasteiger partial charge in [-0.1, -0.05) is 30.8 Å². The first kappa shape index (κ1) is 13.5. The number of benzene rings is 1. The van der Waals surface area contributed by atoms with Crippen molar-refractivity contribution in [3.8, 4) is 0 Å². The Bertz CT molecular complexity index is 516. The van der Waals surface area contributed by atoms with Crippen molar-refractivity contribution in [2.45, 2.75) is 26.2 Å². The van der Waals surface area contributed by atoms with E-state index in [1.807, 2.05) is 24.3 Å². The molecule has 1 aliphatic rings. The lowest BCUT2D eigenvalue weighted by molar-refractivity contribution is -0.149. The molecule has 0 spiro atoms. The number of hydrogen-bond acceptors (Lipinski definition) is 3. The molecule has 1 aromatic carbocycles. The molecule has 0 fully saturated rings. The first-order valence-electron chi connectivity index (χ1n) is 6.61. The number of ether oxygens (including phenoxy) is 1. The van der Waals surface area contributed by atoms with Gasteiger partial charge in [0.05, 0.1) is 6.61 Å². The molecule has 1 aromatic rings. The predicted molar refractivity (Wildman–Crippen MR) is 73.5 cm³/mol. The van der Waals surface area contributed by atoms with Crippen molar-refractivity contribution in [3.05, 3.63) is 42.0 Å². The molecule has 3 nitrogen and oxygen atoms in total. The van der Waals surface area contributed by atoms with Crippen LogP contribution in [-0.4, -0.2) is 18.4 Å². The highest BCUT2D eigenvalue weighted by molar-refractivity contribution is 6.09. The standard InChI is InChI=1S/C16H18O3/c1-3-19-16(18)15-11(2)13-9-5-4-7-12(13)8-6-10-14(15)17/h4-5,7,9,15H,2-3,6,8,10H2,1H3. The second-order valence-corrected chi connectivity index (χ2v) is 4.69. The van der Waals surface area contributed by atoms with Gasteiger partial charge in [-0.2, -0.15) is 0 Å². The minimum atomic E-state index is -0.846. The highest BCUT2D eigenvalue weighted by atomic mass is 16.5. The number of fused-ring (bicyclic) bond motifs is 1. The second kappa shape index (κ2) is 5.83.